The summed E-state index contributed by atoms with van der Waals surface area (Å²) in [6, 6.07) is 8.75. The molecule has 3 heterocycles. The van der Waals surface area contributed by atoms with E-state index in [4.69, 9.17) is 9.47 Å². The monoisotopic (exact) mass is 513 g/mol. The average molecular weight is 514 g/mol. The van der Waals surface area contributed by atoms with Crippen LogP contribution in [0.5, 0.6) is 5.75 Å². The quantitative estimate of drug-likeness (QED) is 0.592. The summed E-state index contributed by atoms with van der Waals surface area (Å²) in [5, 5.41) is 0. The molecular formula is C30H47N3O4. The fraction of sp³-hybridized carbons (Fsp3) is 0.733. The lowest BCUT2D eigenvalue weighted by Gasteiger charge is -2.45. The Balaban J connectivity index is 1.50. The van der Waals surface area contributed by atoms with Gasteiger partial charge in [0.05, 0.1) is 19.7 Å². The van der Waals surface area contributed by atoms with Crippen LogP contribution in [0.25, 0.3) is 0 Å². The van der Waals surface area contributed by atoms with Gasteiger partial charge in [-0.25, -0.2) is 0 Å². The molecular weight excluding hydrogens is 466 g/mol. The van der Waals surface area contributed by atoms with Crippen molar-refractivity contribution in [1.82, 2.24) is 14.7 Å². The number of aryl methyl sites for hydroxylation is 1. The Hall–Kier alpha value is -2.12. The Bertz CT molecular complexity index is 899. The van der Waals surface area contributed by atoms with Gasteiger partial charge in [-0.3, -0.25) is 9.59 Å². The van der Waals surface area contributed by atoms with Gasteiger partial charge in [-0.05, 0) is 83.5 Å². The summed E-state index contributed by atoms with van der Waals surface area (Å²) in [5.74, 6) is 1.22. The molecule has 0 aliphatic carbocycles. The lowest BCUT2D eigenvalue weighted by molar-refractivity contribution is -0.178. The zero-order valence-corrected chi connectivity index (χ0v) is 23.3. The van der Waals surface area contributed by atoms with Gasteiger partial charge in [-0.2, -0.15) is 0 Å². The largest absolute Gasteiger partial charge is 0.491 e. The second kappa shape index (κ2) is 13.1. The first-order chi connectivity index (χ1) is 17.9. The van der Waals surface area contributed by atoms with Crippen molar-refractivity contribution in [3.8, 4) is 5.75 Å². The number of unbranched alkanes of at least 4 members (excludes halogenated alkanes) is 1. The topological polar surface area (TPSA) is 62.3 Å². The van der Waals surface area contributed by atoms with Crippen LogP contribution in [0.3, 0.4) is 0 Å². The summed E-state index contributed by atoms with van der Waals surface area (Å²) >= 11 is 0. The number of para-hydroxylation sites is 1. The fourth-order valence-electron chi connectivity index (χ4n) is 6.08. The number of nitrogens with zero attached hydrogens (tertiary/aromatic N) is 3. The van der Waals surface area contributed by atoms with Crippen molar-refractivity contribution >= 4 is 11.8 Å². The standard InChI is InChI=1S/C30H47N3O4/c1-4-5-16-32-19-21-36-27-12-7-6-10-25(27)11-8-9-15-30(29(32)35)23-33(20-22-37-30)28(34)26-13-17-31(18-14-26)24(2)3/h6-7,10,12,24,26H,4-5,8-9,11,13-23H2,1-3H3. The van der Waals surface area contributed by atoms with Crippen molar-refractivity contribution in [2.75, 3.05) is 52.5 Å². The molecule has 1 aromatic carbocycles. The second-order valence-electron chi connectivity index (χ2n) is 11.3. The molecule has 0 radical (unpaired) electrons. The second-order valence-corrected chi connectivity index (χ2v) is 11.3. The molecule has 1 spiro atoms. The Morgan fingerprint density at radius 3 is 2.62 bits per heavy atom. The van der Waals surface area contributed by atoms with Crippen LogP contribution in [-0.4, -0.2) is 90.6 Å². The van der Waals surface area contributed by atoms with Crippen molar-refractivity contribution in [3.05, 3.63) is 29.8 Å². The first kappa shape index (κ1) is 27.9. The van der Waals surface area contributed by atoms with Crippen LogP contribution < -0.4 is 4.74 Å². The summed E-state index contributed by atoms with van der Waals surface area (Å²) in [6.45, 7) is 11.6. The first-order valence-corrected chi connectivity index (χ1v) is 14.6. The molecule has 2 amide bonds. The lowest BCUT2D eigenvalue weighted by Crippen LogP contribution is -2.63. The number of carbonyl (C=O) groups is 2. The number of ether oxygens (including phenoxy) is 2. The van der Waals surface area contributed by atoms with E-state index in [0.717, 1.165) is 63.8 Å². The van der Waals surface area contributed by atoms with Gasteiger partial charge in [0.25, 0.3) is 5.91 Å². The van der Waals surface area contributed by atoms with E-state index in [1.807, 2.05) is 21.9 Å². The molecule has 7 heteroatoms. The zero-order chi connectivity index (χ0) is 26.3. The number of carbonyl (C=O) groups excluding carboxylic acids is 2. The number of fused-ring (bicyclic) bond motifs is 1. The van der Waals surface area contributed by atoms with Gasteiger partial charge >= 0.3 is 0 Å². The lowest BCUT2D eigenvalue weighted by atomic mass is 9.89. The smallest absolute Gasteiger partial charge is 0.256 e. The van der Waals surface area contributed by atoms with Crippen LogP contribution in [0.4, 0.5) is 0 Å². The molecule has 0 bridgehead atoms. The minimum atomic E-state index is -0.959. The molecule has 2 saturated heterocycles. The van der Waals surface area contributed by atoms with E-state index in [2.05, 4.69) is 37.8 Å². The van der Waals surface area contributed by atoms with E-state index in [1.54, 1.807) is 0 Å². The summed E-state index contributed by atoms with van der Waals surface area (Å²) in [6.07, 6.45) is 7.13. The van der Waals surface area contributed by atoms with Gasteiger partial charge < -0.3 is 24.2 Å². The molecule has 0 saturated carbocycles. The molecule has 1 atom stereocenters. The highest BCUT2D eigenvalue weighted by Gasteiger charge is 2.47. The molecule has 0 aromatic heterocycles. The van der Waals surface area contributed by atoms with Gasteiger partial charge in [0.1, 0.15) is 12.4 Å². The van der Waals surface area contributed by atoms with Gasteiger partial charge in [0.15, 0.2) is 5.60 Å². The third kappa shape index (κ3) is 6.85. The Labute approximate surface area is 223 Å². The van der Waals surface area contributed by atoms with Crippen molar-refractivity contribution in [2.45, 2.75) is 83.8 Å². The molecule has 1 aromatic rings. The van der Waals surface area contributed by atoms with Gasteiger partial charge in [-0.1, -0.05) is 31.5 Å². The number of morpholine rings is 1. The highest BCUT2D eigenvalue weighted by Crippen LogP contribution is 2.31. The van der Waals surface area contributed by atoms with Gasteiger partial charge in [0, 0.05) is 25.0 Å². The molecule has 7 nitrogen and oxygen atoms in total. The SMILES string of the molecule is CCCCN1CCOc2ccccc2CCCCC2(CN(C(=O)C3CCN(C(C)C)CC3)CCO2)C1=O. The third-order valence-corrected chi connectivity index (χ3v) is 8.43. The zero-order valence-electron chi connectivity index (χ0n) is 23.3. The highest BCUT2D eigenvalue weighted by atomic mass is 16.5. The number of piperidine rings is 1. The number of rotatable bonds is 5. The van der Waals surface area contributed by atoms with Crippen molar-refractivity contribution in [3.63, 3.8) is 0 Å². The average Bonchev–Trinajstić information content (AvgIpc) is 2.92. The van der Waals surface area contributed by atoms with Crippen LogP contribution in [0.2, 0.25) is 0 Å². The van der Waals surface area contributed by atoms with Gasteiger partial charge in [-0.15, -0.1) is 0 Å². The van der Waals surface area contributed by atoms with E-state index in [9.17, 15) is 9.59 Å². The first-order valence-electron chi connectivity index (χ1n) is 14.6. The fourth-order valence-corrected chi connectivity index (χ4v) is 6.08. The predicted octanol–water partition coefficient (Wildman–Crippen LogP) is 4.14. The molecule has 3 aliphatic rings. The maximum Gasteiger partial charge on any atom is 0.256 e. The van der Waals surface area contributed by atoms with Crippen molar-refractivity contribution < 1.29 is 19.1 Å². The third-order valence-electron chi connectivity index (χ3n) is 8.43. The normalized spacial score (nSPS) is 24.9. The maximum absolute atomic E-state index is 14.2. The summed E-state index contributed by atoms with van der Waals surface area (Å²) in [4.78, 5) is 34.1. The predicted molar refractivity (Wildman–Crippen MR) is 146 cm³/mol. The Kier molecular flexibility index (Phi) is 9.88. The molecule has 4 rings (SSSR count). The molecule has 37 heavy (non-hydrogen) atoms. The van der Waals surface area contributed by atoms with E-state index >= 15 is 0 Å². The minimum Gasteiger partial charge on any atom is -0.491 e. The number of likely N-dealkylation sites (tertiary alicyclic amines) is 1. The van der Waals surface area contributed by atoms with Crippen LogP contribution in [-0.2, 0) is 20.7 Å². The molecule has 3 aliphatic heterocycles. The highest BCUT2D eigenvalue weighted by molar-refractivity contribution is 5.87. The summed E-state index contributed by atoms with van der Waals surface area (Å²) in [5.41, 5.74) is 0.261. The number of amides is 2. The number of hydrogen-bond acceptors (Lipinski definition) is 5. The maximum atomic E-state index is 14.2. The number of benzene rings is 1. The molecule has 2 fully saturated rings. The molecule has 0 N–H and O–H groups in total. The summed E-state index contributed by atoms with van der Waals surface area (Å²) in [7, 11) is 0. The minimum absolute atomic E-state index is 0.0329. The summed E-state index contributed by atoms with van der Waals surface area (Å²) < 4.78 is 12.5. The van der Waals surface area contributed by atoms with Crippen LogP contribution >= 0.6 is 0 Å². The Morgan fingerprint density at radius 2 is 1.86 bits per heavy atom. The van der Waals surface area contributed by atoms with Crippen LogP contribution in [0.1, 0.15) is 71.3 Å². The van der Waals surface area contributed by atoms with E-state index in [-0.39, 0.29) is 17.7 Å². The van der Waals surface area contributed by atoms with Gasteiger partial charge in [0.2, 0.25) is 5.91 Å². The van der Waals surface area contributed by atoms with E-state index in [1.165, 1.54) is 5.56 Å². The van der Waals surface area contributed by atoms with Crippen molar-refractivity contribution in [1.29, 1.82) is 0 Å². The van der Waals surface area contributed by atoms with Crippen LogP contribution in [0, 0.1) is 5.92 Å². The van der Waals surface area contributed by atoms with Crippen LogP contribution in [0.15, 0.2) is 24.3 Å². The number of hydrogen-bond donors (Lipinski definition) is 0. The van der Waals surface area contributed by atoms with E-state index < -0.39 is 5.60 Å². The van der Waals surface area contributed by atoms with Crippen molar-refractivity contribution in [2.24, 2.45) is 5.92 Å². The molecule has 1 unspecified atom stereocenters. The Morgan fingerprint density at radius 1 is 1.08 bits per heavy atom. The van der Waals surface area contributed by atoms with E-state index in [0.29, 0.717) is 51.9 Å². The molecule has 206 valence electrons.